The largest absolute Gasteiger partial charge is 0.394 e. The molecule has 3 heteroatoms. The highest BCUT2D eigenvalue weighted by Gasteiger charge is 2.21. The SMILES string of the molecule is CCCNC(C)(CO)CCCCOCC(C)C. The summed E-state index contributed by atoms with van der Waals surface area (Å²) in [5.74, 6) is 0.615. The van der Waals surface area contributed by atoms with Gasteiger partial charge in [0, 0.05) is 18.8 Å². The second kappa shape index (κ2) is 9.86. The summed E-state index contributed by atoms with van der Waals surface area (Å²) in [6.07, 6.45) is 4.30. The second-order valence-electron chi connectivity index (χ2n) is 5.57. The number of hydrogen-bond acceptors (Lipinski definition) is 3. The Morgan fingerprint density at radius 2 is 2.00 bits per heavy atom. The number of hydrogen-bond donors (Lipinski definition) is 2. The molecule has 0 aromatic carbocycles. The van der Waals surface area contributed by atoms with Crippen molar-refractivity contribution in [1.29, 1.82) is 0 Å². The molecular formula is C14H31NO2. The maximum Gasteiger partial charge on any atom is 0.0610 e. The van der Waals surface area contributed by atoms with Gasteiger partial charge < -0.3 is 15.2 Å². The molecule has 0 heterocycles. The highest BCUT2D eigenvalue weighted by molar-refractivity contribution is 4.81. The van der Waals surface area contributed by atoms with Crippen molar-refractivity contribution in [2.75, 3.05) is 26.4 Å². The summed E-state index contributed by atoms with van der Waals surface area (Å²) in [5, 5.41) is 12.8. The minimum absolute atomic E-state index is 0.117. The Balaban J connectivity index is 3.55. The van der Waals surface area contributed by atoms with Crippen LogP contribution in [0.4, 0.5) is 0 Å². The van der Waals surface area contributed by atoms with E-state index in [4.69, 9.17) is 4.74 Å². The fourth-order valence-electron chi connectivity index (χ4n) is 1.69. The number of ether oxygens (including phenoxy) is 1. The van der Waals surface area contributed by atoms with Crippen LogP contribution in [0.5, 0.6) is 0 Å². The van der Waals surface area contributed by atoms with E-state index in [0.29, 0.717) is 5.92 Å². The molecule has 0 aliphatic rings. The summed E-state index contributed by atoms with van der Waals surface area (Å²) < 4.78 is 5.54. The van der Waals surface area contributed by atoms with Crippen molar-refractivity contribution in [3.8, 4) is 0 Å². The third kappa shape index (κ3) is 9.57. The van der Waals surface area contributed by atoms with Crippen LogP contribution < -0.4 is 5.32 Å². The van der Waals surface area contributed by atoms with Gasteiger partial charge in [0.1, 0.15) is 0 Å². The van der Waals surface area contributed by atoms with Crippen LogP contribution in [0.1, 0.15) is 53.4 Å². The zero-order chi connectivity index (χ0) is 13.1. The molecule has 2 N–H and O–H groups in total. The predicted octanol–water partition coefficient (Wildman–Crippen LogP) is 2.58. The highest BCUT2D eigenvalue weighted by atomic mass is 16.5. The molecule has 3 nitrogen and oxygen atoms in total. The fourth-order valence-corrected chi connectivity index (χ4v) is 1.69. The lowest BCUT2D eigenvalue weighted by Gasteiger charge is -2.28. The molecule has 0 saturated heterocycles. The zero-order valence-corrected chi connectivity index (χ0v) is 12.1. The number of rotatable bonds is 11. The van der Waals surface area contributed by atoms with Crippen molar-refractivity contribution >= 4 is 0 Å². The summed E-state index contributed by atoms with van der Waals surface area (Å²) in [4.78, 5) is 0. The molecule has 104 valence electrons. The van der Waals surface area contributed by atoms with E-state index < -0.39 is 0 Å². The van der Waals surface area contributed by atoms with Gasteiger partial charge in [-0.3, -0.25) is 0 Å². The fraction of sp³-hybridized carbons (Fsp3) is 1.00. The molecule has 1 atom stereocenters. The van der Waals surface area contributed by atoms with Gasteiger partial charge in [-0.05, 0) is 45.1 Å². The van der Waals surface area contributed by atoms with Crippen LogP contribution in [0.15, 0.2) is 0 Å². The van der Waals surface area contributed by atoms with Gasteiger partial charge in [-0.15, -0.1) is 0 Å². The van der Waals surface area contributed by atoms with Crippen molar-refractivity contribution in [1.82, 2.24) is 5.32 Å². The monoisotopic (exact) mass is 245 g/mol. The minimum Gasteiger partial charge on any atom is -0.394 e. The van der Waals surface area contributed by atoms with E-state index in [0.717, 1.165) is 45.4 Å². The van der Waals surface area contributed by atoms with E-state index in [9.17, 15) is 5.11 Å². The van der Waals surface area contributed by atoms with Gasteiger partial charge in [0.25, 0.3) is 0 Å². The van der Waals surface area contributed by atoms with E-state index in [1.54, 1.807) is 0 Å². The standard InChI is InChI=1S/C14H31NO2/c1-5-9-15-14(4,12-16)8-6-7-10-17-11-13(2)3/h13,15-16H,5-12H2,1-4H3. The second-order valence-corrected chi connectivity index (χ2v) is 5.57. The number of nitrogens with one attached hydrogen (secondary N) is 1. The first kappa shape index (κ1) is 16.9. The average Bonchev–Trinajstić information content (AvgIpc) is 2.30. The predicted molar refractivity (Wildman–Crippen MR) is 73.3 cm³/mol. The Hall–Kier alpha value is -0.120. The van der Waals surface area contributed by atoms with Crippen LogP contribution in [0, 0.1) is 5.92 Å². The van der Waals surface area contributed by atoms with Crippen molar-refractivity contribution in [3.05, 3.63) is 0 Å². The van der Waals surface area contributed by atoms with Crippen molar-refractivity contribution < 1.29 is 9.84 Å². The van der Waals surface area contributed by atoms with Gasteiger partial charge in [0.2, 0.25) is 0 Å². The summed E-state index contributed by atoms with van der Waals surface area (Å²) in [6.45, 7) is 11.4. The molecule has 0 radical (unpaired) electrons. The quantitative estimate of drug-likeness (QED) is 0.550. The third-order valence-electron chi connectivity index (χ3n) is 2.87. The van der Waals surface area contributed by atoms with Gasteiger partial charge in [-0.2, -0.15) is 0 Å². The first-order valence-corrected chi connectivity index (χ1v) is 6.97. The van der Waals surface area contributed by atoms with E-state index in [1.807, 2.05) is 0 Å². The smallest absolute Gasteiger partial charge is 0.0610 e. The van der Waals surface area contributed by atoms with Crippen LogP contribution in [-0.2, 0) is 4.74 Å². The van der Waals surface area contributed by atoms with E-state index >= 15 is 0 Å². The Morgan fingerprint density at radius 3 is 2.53 bits per heavy atom. The molecule has 0 rings (SSSR count). The molecule has 0 aromatic heterocycles. The van der Waals surface area contributed by atoms with E-state index in [2.05, 4.69) is 33.0 Å². The van der Waals surface area contributed by atoms with Crippen LogP contribution in [0.2, 0.25) is 0 Å². The first-order valence-electron chi connectivity index (χ1n) is 6.97. The molecular weight excluding hydrogens is 214 g/mol. The topological polar surface area (TPSA) is 41.5 Å². The summed E-state index contributed by atoms with van der Waals surface area (Å²) >= 11 is 0. The minimum atomic E-state index is -0.117. The summed E-state index contributed by atoms with van der Waals surface area (Å²) in [7, 11) is 0. The maximum absolute atomic E-state index is 9.39. The van der Waals surface area contributed by atoms with Gasteiger partial charge in [-0.1, -0.05) is 20.8 Å². The Morgan fingerprint density at radius 1 is 1.29 bits per heavy atom. The molecule has 17 heavy (non-hydrogen) atoms. The highest BCUT2D eigenvalue weighted by Crippen LogP contribution is 2.13. The van der Waals surface area contributed by atoms with Crippen molar-refractivity contribution in [3.63, 3.8) is 0 Å². The zero-order valence-electron chi connectivity index (χ0n) is 12.1. The van der Waals surface area contributed by atoms with Crippen molar-refractivity contribution in [2.45, 2.75) is 58.9 Å². The molecule has 0 bridgehead atoms. The molecule has 0 fully saturated rings. The normalized spacial score (nSPS) is 15.2. The molecule has 0 saturated carbocycles. The van der Waals surface area contributed by atoms with E-state index in [-0.39, 0.29) is 12.1 Å². The molecule has 1 unspecified atom stereocenters. The Kier molecular flexibility index (Phi) is 9.79. The van der Waals surface area contributed by atoms with Crippen molar-refractivity contribution in [2.24, 2.45) is 5.92 Å². The third-order valence-corrected chi connectivity index (χ3v) is 2.87. The average molecular weight is 245 g/mol. The molecule has 0 amide bonds. The van der Waals surface area contributed by atoms with Gasteiger partial charge in [0.15, 0.2) is 0 Å². The number of aliphatic hydroxyl groups is 1. The van der Waals surface area contributed by atoms with Crippen LogP contribution in [-0.4, -0.2) is 37.0 Å². The van der Waals surface area contributed by atoms with E-state index in [1.165, 1.54) is 0 Å². The van der Waals surface area contributed by atoms with Crippen LogP contribution in [0.25, 0.3) is 0 Å². The molecule has 0 aliphatic carbocycles. The summed E-state index contributed by atoms with van der Waals surface area (Å²) in [6, 6.07) is 0. The summed E-state index contributed by atoms with van der Waals surface area (Å²) in [5.41, 5.74) is -0.117. The van der Waals surface area contributed by atoms with Gasteiger partial charge in [-0.25, -0.2) is 0 Å². The van der Waals surface area contributed by atoms with Gasteiger partial charge >= 0.3 is 0 Å². The number of unbranched alkanes of at least 4 members (excludes halogenated alkanes) is 1. The Bertz CT molecular complexity index is 174. The molecule has 0 aromatic rings. The van der Waals surface area contributed by atoms with Crippen LogP contribution >= 0.6 is 0 Å². The maximum atomic E-state index is 9.39. The lowest BCUT2D eigenvalue weighted by atomic mass is 9.95. The molecule has 0 aliphatic heterocycles. The molecule has 0 spiro atoms. The number of aliphatic hydroxyl groups excluding tert-OH is 1. The Labute approximate surface area is 107 Å². The lowest BCUT2D eigenvalue weighted by Crippen LogP contribution is -2.46. The lowest BCUT2D eigenvalue weighted by molar-refractivity contribution is 0.102. The van der Waals surface area contributed by atoms with Crippen LogP contribution in [0.3, 0.4) is 0 Å². The first-order chi connectivity index (χ1) is 8.04. The van der Waals surface area contributed by atoms with Gasteiger partial charge in [0.05, 0.1) is 6.61 Å².